The lowest BCUT2D eigenvalue weighted by molar-refractivity contribution is 0.812. The molecule has 0 aromatic carbocycles. The van der Waals surface area contributed by atoms with Gasteiger partial charge in [-0.2, -0.15) is 0 Å². The number of hydrogen-bond donors (Lipinski definition) is 1. The number of rotatable bonds is 1. The lowest BCUT2D eigenvalue weighted by atomic mass is 10.1. The zero-order valence-corrected chi connectivity index (χ0v) is 7.26. The number of pyridine rings is 1. The molecule has 0 saturated carbocycles. The van der Waals surface area contributed by atoms with E-state index in [9.17, 15) is 0 Å². The zero-order valence-electron chi connectivity index (χ0n) is 7.26. The third-order valence-corrected chi connectivity index (χ3v) is 1.69. The molecule has 0 atom stereocenters. The van der Waals surface area contributed by atoms with E-state index in [1.165, 1.54) is 5.56 Å². The van der Waals surface area contributed by atoms with Crippen LogP contribution >= 0.6 is 0 Å². The fourth-order valence-corrected chi connectivity index (χ4v) is 1.21. The molecule has 0 bridgehead atoms. The smallest absolute Gasteiger partial charge is 0.0503 e. The highest BCUT2D eigenvalue weighted by molar-refractivity contribution is 5.40. The third kappa shape index (κ3) is 1.70. The minimum absolute atomic E-state index is 0.482. The van der Waals surface area contributed by atoms with Crippen LogP contribution in [0.2, 0.25) is 0 Å². The van der Waals surface area contributed by atoms with Gasteiger partial charge in [-0.25, -0.2) is 0 Å². The summed E-state index contributed by atoms with van der Waals surface area (Å²) in [6.45, 7) is 6.30. The minimum atomic E-state index is 0.482. The van der Waals surface area contributed by atoms with Crippen molar-refractivity contribution in [2.75, 3.05) is 5.73 Å². The van der Waals surface area contributed by atoms with E-state index in [4.69, 9.17) is 5.73 Å². The number of aryl methyl sites for hydroxylation is 1. The van der Waals surface area contributed by atoms with Crippen LogP contribution in [-0.2, 0) is 0 Å². The van der Waals surface area contributed by atoms with E-state index in [0.29, 0.717) is 5.92 Å². The van der Waals surface area contributed by atoms with Crippen molar-refractivity contribution in [3.05, 3.63) is 23.5 Å². The number of nitrogens with zero attached hydrogens (tertiary/aromatic N) is 1. The third-order valence-electron chi connectivity index (χ3n) is 1.69. The van der Waals surface area contributed by atoms with Crippen molar-refractivity contribution in [3.63, 3.8) is 0 Å². The summed E-state index contributed by atoms with van der Waals surface area (Å²) in [4.78, 5) is 4.25. The lowest BCUT2D eigenvalue weighted by Gasteiger charge is -2.07. The maximum absolute atomic E-state index is 5.57. The summed E-state index contributed by atoms with van der Waals surface area (Å²) in [5.74, 6) is 0.482. The molecule has 0 fully saturated rings. The van der Waals surface area contributed by atoms with Gasteiger partial charge in [-0.15, -0.1) is 0 Å². The van der Waals surface area contributed by atoms with Crippen molar-refractivity contribution in [1.29, 1.82) is 0 Å². The molecule has 2 N–H and O–H groups in total. The molecular formula is C9H14N2. The first-order valence-corrected chi connectivity index (χ1v) is 3.83. The number of nitrogen functional groups attached to an aromatic ring is 1. The Hall–Kier alpha value is -1.05. The molecule has 1 aromatic heterocycles. The molecule has 11 heavy (non-hydrogen) atoms. The monoisotopic (exact) mass is 150 g/mol. The van der Waals surface area contributed by atoms with Crippen molar-refractivity contribution in [2.24, 2.45) is 0 Å². The molecule has 0 radical (unpaired) electrons. The number of aromatic nitrogens is 1. The Bertz CT molecular complexity index is 254. The van der Waals surface area contributed by atoms with Crippen LogP contribution in [0, 0.1) is 6.92 Å². The molecule has 0 aliphatic rings. The maximum Gasteiger partial charge on any atom is 0.0503 e. The summed E-state index contributed by atoms with van der Waals surface area (Å²) in [6, 6.07) is 1.96. The highest BCUT2D eigenvalue weighted by atomic mass is 14.7. The first-order chi connectivity index (χ1) is 5.11. The number of anilines is 1. The number of hydrogen-bond acceptors (Lipinski definition) is 2. The van der Waals surface area contributed by atoms with Gasteiger partial charge in [-0.1, -0.05) is 13.8 Å². The molecule has 0 saturated heterocycles. The SMILES string of the molecule is Cc1cc(N)cnc1C(C)C. The van der Waals surface area contributed by atoms with Crippen LogP contribution in [0.5, 0.6) is 0 Å². The average Bonchev–Trinajstić information content (AvgIpc) is 1.85. The lowest BCUT2D eigenvalue weighted by Crippen LogP contribution is -1.98. The molecule has 0 aliphatic heterocycles. The molecule has 1 aromatic rings. The van der Waals surface area contributed by atoms with E-state index in [0.717, 1.165) is 11.4 Å². The summed E-state index contributed by atoms with van der Waals surface area (Å²) < 4.78 is 0. The molecule has 0 unspecified atom stereocenters. The van der Waals surface area contributed by atoms with Crippen LogP contribution in [0.15, 0.2) is 12.3 Å². The van der Waals surface area contributed by atoms with Gasteiger partial charge in [0.05, 0.1) is 11.9 Å². The molecular weight excluding hydrogens is 136 g/mol. The fraction of sp³-hybridized carbons (Fsp3) is 0.444. The normalized spacial score (nSPS) is 10.5. The molecule has 0 spiro atoms. The molecule has 0 aliphatic carbocycles. The van der Waals surface area contributed by atoms with Crippen molar-refractivity contribution in [1.82, 2.24) is 4.98 Å². The van der Waals surface area contributed by atoms with Crippen LogP contribution in [0.25, 0.3) is 0 Å². The molecule has 60 valence electrons. The van der Waals surface area contributed by atoms with Gasteiger partial charge in [-0.05, 0) is 24.5 Å². The van der Waals surface area contributed by atoms with Gasteiger partial charge in [0.25, 0.3) is 0 Å². The standard InChI is InChI=1S/C9H14N2/c1-6(2)9-7(3)4-8(10)5-11-9/h4-6H,10H2,1-3H3. The van der Waals surface area contributed by atoms with Gasteiger partial charge in [0.1, 0.15) is 0 Å². The van der Waals surface area contributed by atoms with Crippen LogP contribution < -0.4 is 5.73 Å². The molecule has 2 heteroatoms. The number of nitrogens with two attached hydrogens (primary N) is 1. The topological polar surface area (TPSA) is 38.9 Å². The van der Waals surface area contributed by atoms with Gasteiger partial charge in [0.15, 0.2) is 0 Å². The Morgan fingerprint density at radius 3 is 2.55 bits per heavy atom. The molecule has 1 rings (SSSR count). The van der Waals surface area contributed by atoms with Crippen LogP contribution in [0.4, 0.5) is 5.69 Å². The largest absolute Gasteiger partial charge is 0.397 e. The van der Waals surface area contributed by atoms with Gasteiger partial charge in [-0.3, -0.25) is 4.98 Å². The molecule has 0 amide bonds. The Kier molecular flexibility index (Phi) is 2.13. The Morgan fingerprint density at radius 2 is 2.09 bits per heavy atom. The van der Waals surface area contributed by atoms with Crippen molar-refractivity contribution in [2.45, 2.75) is 26.7 Å². The first kappa shape index (κ1) is 8.05. The van der Waals surface area contributed by atoms with Crippen molar-refractivity contribution in [3.8, 4) is 0 Å². The van der Waals surface area contributed by atoms with E-state index in [-0.39, 0.29) is 0 Å². The van der Waals surface area contributed by atoms with Crippen LogP contribution in [-0.4, -0.2) is 4.98 Å². The second kappa shape index (κ2) is 2.91. The fourth-order valence-electron chi connectivity index (χ4n) is 1.21. The zero-order chi connectivity index (χ0) is 8.43. The Morgan fingerprint density at radius 1 is 1.45 bits per heavy atom. The highest BCUT2D eigenvalue weighted by Crippen LogP contribution is 2.17. The quantitative estimate of drug-likeness (QED) is 0.665. The predicted molar refractivity (Wildman–Crippen MR) is 47.5 cm³/mol. The Labute approximate surface area is 67.5 Å². The summed E-state index contributed by atoms with van der Waals surface area (Å²) in [7, 11) is 0. The summed E-state index contributed by atoms with van der Waals surface area (Å²) >= 11 is 0. The van der Waals surface area contributed by atoms with Crippen LogP contribution in [0.3, 0.4) is 0 Å². The highest BCUT2D eigenvalue weighted by Gasteiger charge is 2.03. The van der Waals surface area contributed by atoms with Gasteiger partial charge in [0, 0.05) is 5.69 Å². The van der Waals surface area contributed by atoms with Crippen LogP contribution in [0.1, 0.15) is 31.0 Å². The van der Waals surface area contributed by atoms with E-state index in [2.05, 4.69) is 18.8 Å². The summed E-state index contributed by atoms with van der Waals surface area (Å²) in [5.41, 5.74) is 8.63. The van der Waals surface area contributed by atoms with E-state index in [1.807, 2.05) is 13.0 Å². The van der Waals surface area contributed by atoms with Gasteiger partial charge in [0.2, 0.25) is 0 Å². The average molecular weight is 150 g/mol. The van der Waals surface area contributed by atoms with E-state index < -0.39 is 0 Å². The second-order valence-corrected chi connectivity index (χ2v) is 3.13. The Balaban J connectivity index is 3.09. The predicted octanol–water partition coefficient (Wildman–Crippen LogP) is 2.10. The van der Waals surface area contributed by atoms with E-state index >= 15 is 0 Å². The van der Waals surface area contributed by atoms with Crippen molar-refractivity contribution < 1.29 is 0 Å². The molecule has 2 nitrogen and oxygen atoms in total. The van der Waals surface area contributed by atoms with Gasteiger partial charge < -0.3 is 5.73 Å². The second-order valence-electron chi connectivity index (χ2n) is 3.13. The minimum Gasteiger partial charge on any atom is -0.397 e. The first-order valence-electron chi connectivity index (χ1n) is 3.83. The maximum atomic E-state index is 5.57. The molecule has 1 heterocycles. The van der Waals surface area contributed by atoms with Gasteiger partial charge >= 0.3 is 0 Å². The van der Waals surface area contributed by atoms with Crippen molar-refractivity contribution >= 4 is 5.69 Å². The van der Waals surface area contributed by atoms with E-state index in [1.54, 1.807) is 6.20 Å². The summed E-state index contributed by atoms with van der Waals surface area (Å²) in [5, 5.41) is 0. The summed E-state index contributed by atoms with van der Waals surface area (Å²) in [6.07, 6.45) is 1.71.